The normalized spacial score (nSPS) is 22.3. The van der Waals surface area contributed by atoms with Gasteiger partial charge in [-0.15, -0.1) is 0 Å². The molecule has 2 saturated heterocycles. The molecule has 11 nitrogen and oxygen atoms in total. The minimum Gasteiger partial charge on any atom is -0.444 e. The fourth-order valence-corrected chi connectivity index (χ4v) is 5.45. The van der Waals surface area contributed by atoms with Crippen LogP contribution in [0.4, 0.5) is 4.79 Å². The first-order chi connectivity index (χ1) is 16.4. The van der Waals surface area contributed by atoms with Gasteiger partial charge >= 0.3 is 6.09 Å². The van der Waals surface area contributed by atoms with E-state index >= 15 is 0 Å². The summed E-state index contributed by atoms with van der Waals surface area (Å²) in [5, 5.41) is 5.98. The largest absolute Gasteiger partial charge is 0.444 e. The highest BCUT2D eigenvalue weighted by molar-refractivity contribution is 7.90. The lowest BCUT2D eigenvalue weighted by molar-refractivity contribution is -0.117. The summed E-state index contributed by atoms with van der Waals surface area (Å²) >= 11 is 0. The van der Waals surface area contributed by atoms with E-state index in [4.69, 9.17) is 4.74 Å². The van der Waals surface area contributed by atoms with Gasteiger partial charge in [-0.2, -0.15) is 8.42 Å². The highest BCUT2D eigenvalue weighted by atomic mass is 32.2. The second kappa shape index (κ2) is 9.67. The highest BCUT2D eigenvalue weighted by Gasteiger charge is 2.41. The molecule has 0 saturated carbocycles. The summed E-state index contributed by atoms with van der Waals surface area (Å²) in [4.78, 5) is 30.4. The van der Waals surface area contributed by atoms with Crippen molar-refractivity contribution in [3.05, 3.63) is 46.3 Å². The van der Waals surface area contributed by atoms with Gasteiger partial charge in [0.05, 0.1) is 17.3 Å². The highest BCUT2D eigenvalue weighted by Crippen LogP contribution is 2.37. The van der Waals surface area contributed by atoms with Crippen LogP contribution in [0.25, 0.3) is 0 Å². The lowest BCUT2D eigenvalue weighted by Gasteiger charge is -2.35. The summed E-state index contributed by atoms with van der Waals surface area (Å²) in [7, 11) is -4.63. The van der Waals surface area contributed by atoms with E-state index in [9.17, 15) is 22.6 Å². The van der Waals surface area contributed by atoms with Crippen LogP contribution < -0.4 is 10.6 Å². The Morgan fingerprint density at radius 1 is 1.23 bits per heavy atom. The van der Waals surface area contributed by atoms with E-state index in [0.717, 1.165) is 12.4 Å². The molecule has 4 heterocycles. The Kier molecular flexibility index (Phi) is 6.98. The standard InChI is InChI=1S/C23H33N5O6S/c1-23(2,3)34-22(30)27-12-10-26(11-13-27)9-5-8-24-21(29)17-14-16-15-25-19-7-4-6-18(28(16)19)20(17)35(31,32)33/h4,6-7,14,16,25H,5,8-13,15H2,1-3H3,(H,24,29)(H,31,32,33). The van der Waals surface area contributed by atoms with Gasteiger partial charge < -0.3 is 25.2 Å². The summed E-state index contributed by atoms with van der Waals surface area (Å²) in [6.07, 6.45) is 7.03. The number of amides is 2. The molecule has 0 bridgehead atoms. The van der Waals surface area contributed by atoms with Crippen LogP contribution in [0.3, 0.4) is 0 Å². The molecule has 4 aliphatic rings. The quantitative estimate of drug-likeness (QED) is 0.352. The van der Waals surface area contributed by atoms with Crippen LogP contribution in [-0.2, 0) is 19.6 Å². The third kappa shape index (κ3) is 5.71. The Hall–Kier alpha value is -2.83. The number of carbonyl (C=O) groups is 2. The number of rotatable bonds is 6. The molecule has 1 unspecified atom stereocenters. The van der Waals surface area contributed by atoms with Crippen LogP contribution >= 0.6 is 0 Å². The third-order valence-electron chi connectivity index (χ3n) is 6.15. The van der Waals surface area contributed by atoms with E-state index in [1.165, 1.54) is 0 Å². The first kappa shape index (κ1) is 25.3. The van der Waals surface area contributed by atoms with Gasteiger partial charge in [0, 0.05) is 39.3 Å². The monoisotopic (exact) mass is 507 g/mol. The van der Waals surface area contributed by atoms with Crippen molar-refractivity contribution >= 4 is 22.1 Å². The van der Waals surface area contributed by atoms with E-state index < -0.39 is 21.6 Å². The van der Waals surface area contributed by atoms with Gasteiger partial charge in [0.15, 0.2) is 0 Å². The molecule has 0 aromatic heterocycles. The zero-order valence-corrected chi connectivity index (χ0v) is 21.1. The van der Waals surface area contributed by atoms with Crippen molar-refractivity contribution in [3.8, 4) is 0 Å². The first-order valence-corrected chi connectivity index (χ1v) is 13.2. The van der Waals surface area contributed by atoms with Gasteiger partial charge in [0.2, 0.25) is 0 Å². The Bertz CT molecular complexity index is 1110. The second-order valence-electron chi connectivity index (χ2n) is 9.92. The number of piperazine rings is 1. The minimum atomic E-state index is -4.63. The van der Waals surface area contributed by atoms with Crippen molar-refractivity contribution in [2.24, 2.45) is 0 Å². The molecule has 0 aromatic carbocycles. The number of hydrogen-bond donors (Lipinski definition) is 3. The zero-order chi connectivity index (χ0) is 25.4. The first-order valence-electron chi connectivity index (χ1n) is 11.8. The topological polar surface area (TPSA) is 132 Å². The van der Waals surface area contributed by atoms with E-state index in [-0.39, 0.29) is 28.3 Å². The predicted octanol–water partition coefficient (Wildman–Crippen LogP) is 0.770. The predicted molar refractivity (Wildman–Crippen MR) is 129 cm³/mol. The van der Waals surface area contributed by atoms with E-state index in [2.05, 4.69) is 15.5 Å². The van der Waals surface area contributed by atoms with Crippen LogP contribution in [0.2, 0.25) is 0 Å². The van der Waals surface area contributed by atoms with Gasteiger partial charge in [0.25, 0.3) is 16.0 Å². The Balaban J connectivity index is 1.29. The average Bonchev–Trinajstić information content (AvgIpc) is 3.19. The minimum absolute atomic E-state index is 0.0377. The fraction of sp³-hybridized carbons (Fsp3) is 0.565. The number of nitrogens with zero attached hydrogens (tertiary/aromatic N) is 3. The van der Waals surface area contributed by atoms with Gasteiger partial charge in [-0.05, 0) is 52.0 Å². The van der Waals surface area contributed by atoms with Gasteiger partial charge in [-0.25, -0.2) is 4.79 Å². The van der Waals surface area contributed by atoms with E-state index in [1.54, 1.807) is 28.0 Å². The molecule has 1 atom stereocenters. The number of allylic oxidation sites excluding steroid dienone is 3. The maximum absolute atomic E-state index is 12.9. The zero-order valence-electron chi connectivity index (χ0n) is 20.3. The molecule has 12 heteroatoms. The number of nitrogens with one attached hydrogen (secondary N) is 2. The van der Waals surface area contributed by atoms with Gasteiger partial charge in [0.1, 0.15) is 16.3 Å². The molecular formula is C23H33N5O6S. The molecule has 4 aliphatic heterocycles. The number of ether oxygens (including phenoxy) is 1. The fourth-order valence-electron chi connectivity index (χ4n) is 4.58. The molecule has 35 heavy (non-hydrogen) atoms. The summed E-state index contributed by atoms with van der Waals surface area (Å²) in [6, 6.07) is -0.214. The van der Waals surface area contributed by atoms with Crippen molar-refractivity contribution < 1.29 is 27.3 Å². The molecule has 0 aromatic rings. The number of hydrogen-bond acceptors (Lipinski definition) is 8. The Labute approximate surface area is 205 Å². The van der Waals surface area contributed by atoms with Crippen molar-refractivity contribution in [2.75, 3.05) is 45.8 Å². The van der Waals surface area contributed by atoms with Gasteiger partial charge in [-0.3, -0.25) is 14.2 Å². The molecular weight excluding hydrogens is 474 g/mol. The van der Waals surface area contributed by atoms with Crippen molar-refractivity contribution in [1.82, 2.24) is 25.3 Å². The van der Waals surface area contributed by atoms with E-state index in [0.29, 0.717) is 45.7 Å². The third-order valence-corrected chi connectivity index (χ3v) is 7.10. The van der Waals surface area contributed by atoms with Crippen LogP contribution in [0.1, 0.15) is 27.2 Å². The van der Waals surface area contributed by atoms with Crippen LogP contribution in [0, 0.1) is 0 Å². The summed E-state index contributed by atoms with van der Waals surface area (Å²) in [5.41, 5.74) is -0.274. The molecule has 3 N–H and O–H groups in total. The second-order valence-corrected chi connectivity index (χ2v) is 11.3. The van der Waals surface area contributed by atoms with Crippen molar-refractivity contribution in [2.45, 2.75) is 38.8 Å². The van der Waals surface area contributed by atoms with Crippen LogP contribution in [0.5, 0.6) is 0 Å². The van der Waals surface area contributed by atoms with Crippen molar-refractivity contribution in [1.29, 1.82) is 0 Å². The molecule has 192 valence electrons. The Morgan fingerprint density at radius 2 is 1.94 bits per heavy atom. The molecule has 4 rings (SSSR count). The number of carbonyl (C=O) groups excluding carboxylic acids is 2. The van der Waals surface area contributed by atoms with E-state index in [1.807, 2.05) is 26.8 Å². The lowest BCUT2D eigenvalue weighted by Crippen LogP contribution is -2.50. The summed E-state index contributed by atoms with van der Waals surface area (Å²) in [6.45, 7) is 9.72. The summed E-state index contributed by atoms with van der Waals surface area (Å²) < 4.78 is 39.7. The van der Waals surface area contributed by atoms with Crippen LogP contribution in [0.15, 0.2) is 46.3 Å². The molecule has 0 aliphatic carbocycles. The summed E-state index contributed by atoms with van der Waals surface area (Å²) in [5.74, 6) is 0.201. The molecule has 0 spiro atoms. The molecule has 2 fully saturated rings. The molecule has 0 radical (unpaired) electrons. The average molecular weight is 508 g/mol. The lowest BCUT2D eigenvalue weighted by atomic mass is 10.0. The maximum atomic E-state index is 12.9. The Morgan fingerprint density at radius 3 is 2.60 bits per heavy atom. The van der Waals surface area contributed by atoms with Crippen LogP contribution in [-0.4, -0.2) is 97.1 Å². The molecule has 2 amide bonds. The van der Waals surface area contributed by atoms with Crippen molar-refractivity contribution in [3.63, 3.8) is 0 Å². The maximum Gasteiger partial charge on any atom is 0.410 e. The SMILES string of the molecule is CC(C)(C)OC(=O)N1CCN(CCCNC(=O)C2=CC3CNC4=CC=CC(=C2S(=O)(=O)O)N43)CC1. The smallest absolute Gasteiger partial charge is 0.410 e. The van der Waals surface area contributed by atoms with Gasteiger partial charge in [-0.1, -0.05) is 6.08 Å².